The van der Waals surface area contributed by atoms with Crippen LogP contribution in [0.1, 0.15) is 6.92 Å². The molecule has 0 aromatic rings. The van der Waals surface area contributed by atoms with Crippen molar-refractivity contribution in [1.29, 1.82) is 0 Å². The quantitative estimate of drug-likeness (QED) is 0.391. The van der Waals surface area contributed by atoms with E-state index < -0.39 is 18.7 Å². The maximum Gasteiger partial charge on any atom is 0.337 e. The number of esters is 1. The molecule has 0 aliphatic carbocycles. The predicted molar refractivity (Wildman–Crippen MR) is 39.9 cm³/mol. The summed E-state index contributed by atoms with van der Waals surface area (Å²) in [6.07, 6.45) is -1.39. The van der Waals surface area contributed by atoms with E-state index >= 15 is 0 Å². The molecule has 0 aromatic heterocycles. The molecule has 0 rings (SSSR count). The Kier molecular flexibility index (Phi) is 9.04. The van der Waals surface area contributed by atoms with Gasteiger partial charge in [-0.05, 0) is 0 Å². The average molecular weight is 177 g/mol. The number of aliphatic hydroxyl groups excluding tert-OH is 2. The first-order chi connectivity index (χ1) is 5.45. The van der Waals surface area contributed by atoms with Gasteiger partial charge in [-0.2, -0.15) is 0 Å². The molecule has 72 valence electrons. The van der Waals surface area contributed by atoms with Crippen molar-refractivity contribution in [2.24, 2.45) is 0 Å². The summed E-state index contributed by atoms with van der Waals surface area (Å²) in [5, 5.41) is 25.8. The van der Waals surface area contributed by atoms with Gasteiger partial charge in [0.1, 0.15) is 0 Å². The zero-order valence-corrected chi connectivity index (χ0v) is 7.11. The number of rotatable bonds is 2. The number of methoxy groups -OCH3 is 1. The second-order valence-corrected chi connectivity index (χ2v) is 1.92. The normalized spacial score (nSPS) is 10.7. The Labute approximate surface area is 70.9 Å². The van der Waals surface area contributed by atoms with Gasteiger partial charge in [0.05, 0.1) is 13.7 Å². The van der Waals surface area contributed by atoms with Crippen molar-refractivity contribution in [2.75, 3.05) is 13.7 Å². The molecule has 0 bridgehead atoms. The number of hydrogen-bond acceptors (Lipinski definition) is 5. The van der Waals surface area contributed by atoms with Crippen molar-refractivity contribution in [1.82, 2.24) is 0 Å². The van der Waals surface area contributed by atoms with Gasteiger partial charge in [-0.3, -0.25) is 0 Å². The molecule has 0 spiro atoms. The molecule has 0 amide bonds. The first-order valence-corrected chi connectivity index (χ1v) is 3.15. The molecule has 5 nitrogen and oxygen atoms in total. The number of aliphatic hydroxyl groups is 2. The van der Waals surface area contributed by atoms with Crippen LogP contribution in [-0.4, -0.2) is 36.0 Å². The Morgan fingerprint density at radius 2 is 2.08 bits per heavy atom. The van der Waals surface area contributed by atoms with E-state index in [1.54, 1.807) is 0 Å². The van der Waals surface area contributed by atoms with Crippen molar-refractivity contribution in [2.45, 2.75) is 13.0 Å². The molecular formula is C7H13O5-. The van der Waals surface area contributed by atoms with Crippen LogP contribution in [0, 0.1) is 0 Å². The van der Waals surface area contributed by atoms with E-state index in [0.717, 1.165) is 7.11 Å². The average Bonchev–Trinajstić information content (AvgIpc) is 2.00. The fraction of sp³-hybridized carbons (Fsp3) is 0.571. The van der Waals surface area contributed by atoms with E-state index in [0.29, 0.717) is 0 Å². The minimum atomic E-state index is -1.39. The zero-order valence-electron chi connectivity index (χ0n) is 7.11. The van der Waals surface area contributed by atoms with Crippen molar-refractivity contribution < 1.29 is 24.9 Å². The molecule has 0 unspecified atom stereocenters. The van der Waals surface area contributed by atoms with Crippen LogP contribution in [0.5, 0.6) is 0 Å². The van der Waals surface area contributed by atoms with Gasteiger partial charge in [0.25, 0.3) is 0 Å². The minimum Gasteiger partial charge on any atom is -0.876 e. The second-order valence-electron chi connectivity index (χ2n) is 1.92. The van der Waals surface area contributed by atoms with E-state index in [1.165, 1.54) is 6.92 Å². The maximum absolute atomic E-state index is 10.1. The smallest absolute Gasteiger partial charge is 0.337 e. The number of carbonyl (C=O) groups is 1. The van der Waals surface area contributed by atoms with E-state index in [9.17, 15) is 9.90 Å². The lowest BCUT2D eigenvalue weighted by molar-refractivity contribution is -0.300. The number of ether oxygens (including phenoxy) is 1. The highest BCUT2D eigenvalue weighted by Crippen LogP contribution is 1.82. The summed E-state index contributed by atoms with van der Waals surface area (Å²) < 4.78 is 4.05. The third kappa shape index (κ3) is 11.7. The maximum atomic E-state index is 10.1. The summed E-state index contributed by atoms with van der Waals surface area (Å²) in [4.78, 5) is 10.1. The van der Waals surface area contributed by atoms with Gasteiger partial charge in [-0.1, -0.05) is 6.92 Å². The van der Waals surface area contributed by atoms with Crippen LogP contribution in [-0.2, 0) is 9.53 Å². The Morgan fingerprint density at radius 3 is 2.17 bits per heavy atom. The summed E-state index contributed by atoms with van der Waals surface area (Å²) in [6, 6.07) is 0. The Balaban J connectivity index is 0. The molecule has 0 radical (unpaired) electrons. The van der Waals surface area contributed by atoms with Gasteiger partial charge in [0, 0.05) is 0 Å². The van der Waals surface area contributed by atoms with E-state index in [-0.39, 0.29) is 5.76 Å². The third-order valence-electron chi connectivity index (χ3n) is 0.646. The molecule has 5 heteroatoms. The molecule has 0 aliphatic rings. The SMILES string of the molecule is C=C(C)[O-].COC(=O)[C@H](O)CO. The van der Waals surface area contributed by atoms with Crippen LogP contribution < -0.4 is 5.11 Å². The number of allylic oxidation sites excluding steroid dienone is 1. The van der Waals surface area contributed by atoms with E-state index in [4.69, 9.17) is 10.2 Å². The molecule has 0 aromatic carbocycles. The van der Waals surface area contributed by atoms with Crippen LogP contribution in [0.4, 0.5) is 0 Å². The first-order valence-electron chi connectivity index (χ1n) is 3.15. The summed E-state index contributed by atoms with van der Waals surface area (Å²) in [7, 11) is 1.14. The molecule has 0 saturated heterocycles. The Morgan fingerprint density at radius 1 is 1.75 bits per heavy atom. The molecule has 1 atom stereocenters. The highest BCUT2D eigenvalue weighted by Gasteiger charge is 2.11. The molecule has 0 fully saturated rings. The van der Waals surface area contributed by atoms with Gasteiger partial charge in [0.2, 0.25) is 0 Å². The van der Waals surface area contributed by atoms with Crippen LogP contribution in [0.25, 0.3) is 0 Å². The van der Waals surface area contributed by atoms with Gasteiger partial charge in [-0.25, -0.2) is 4.79 Å². The summed E-state index contributed by atoms with van der Waals surface area (Å²) in [5.41, 5.74) is 0. The summed E-state index contributed by atoms with van der Waals surface area (Å²) in [5.74, 6) is -0.896. The number of hydrogen-bond donors (Lipinski definition) is 2. The minimum absolute atomic E-state index is 0.0833. The fourth-order valence-electron chi connectivity index (χ4n) is 0.211. The highest BCUT2D eigenvalue weighted by atomic mass is 16.5. The van der Waals surface area contributed by atoms with Crippen molar-refractivity contribution in [3.8, 4) is 0 Å². The van der Waals surface area contributed by atoms with Crippen LogP contribution in [0.2, 0.25) is 0 Å². The van der Waals surface area contributed by atoms with E-state index in [2.05, 4.69) is 11.3 Å². The number of carbonyl (C=O) groups excluding carboxylic acids is 1. The molecular weight excluding hydrogens is 164 g/mol. The Bertz CT molecular complexity index is 139. The van der Waals surface area contributed by atoms with E-state index in [1.807, 2.05) is 0 Å². The predicted octanol–water partition coefficient (Wildman–Crippen LogP) is -1.61. The zero-order chi connectivity index (χ0) is 10.1. The van der Waals surface area contributed by atoms with Crippen molar-refractivity contribution >= 4 is 5.97 Å². The first kappa shape index (κ1) is 13.5. The van der Waals surface area contributed by atoms with Gasteiger partial charge < -0.3 is 20.1 Å². The highest BCUT2D eigenvalue weighted by molar-refractivity contribution is 5.74. The monoisotopic (exact) mass is 177 g/mol. The van der Waals surface area contributed by atoms with Crippen molar-refractivity contribution in [3.05, 3.63) is 12.3 Å². The molecule has 12 heavy (non-hydrogen) atoms. The molecule has 2 N–H and O–H groups in total. The van der Waals surface area contributed by atoms with Crippen molar-refractivity contribution in [3.63, 3.8) is 0 Å². The topological polar surface area (TPSA) is 89.8 Å². The lowest BCUT2D eigenvalue weighted by Crippen LogP contribution is -2.25. The fourth-order valence-corrected chi connectivity index (χ4v) is 0.211. The Hall–Kier alpha value is -1.07. The lowest BCUT2D eigenvalue weighted by atomic mass is 10.4. The molecule has 0 heterocycles. The van der Waals surface area contributed by atoms with Crippen LogP contribution >= 0.6 is 0 Å². The van der Waals surface area contributed by atoms with Crippen LogP contribution in [0.15, 0.2) is 12.3 Å². The second kappa shape index (κ2) is 8.03. The molecule has 0 saturated carbocycles. The largest absolute Gasteiger partial charge is 0.876 e. The lowest BCUT2D eigenvalue weighted by Gasteiger charge is -2.01. The molecule has 0 aliphatic heterocycles. The standard InChI is InChI=1S/C4H8O4.C3H6O/c1-8-4(7)3(6)2-5;1-3(2)4/h3,5-6H,2H2,1H3;4H,1H2,2H3/p-1/t3-;/m1./s1. The van der Waals surface area contributed by atoms with Gasteiger partial charge in [0.15, 0.2) is 6.10 Å². The summed E-state index contributed by atoms with van der Waals surface area (Å²) >= 11 is 0. The van der Waals surface area contributed by atoms with Gasteiger partial charge in [-0.15, -0.1) is 12.3 Å². The summed E-state index contributed by atoms with van der Waals surface area (Å²) in [6.45, 7) is 3.83. The third-order valence-corrected chi connectivity index (χ3v) is 0.646. The van der Waals surface area contributed by atoms with Crippen LogP contribution in [0.3, 0.4) is 0 Å². The van der Waals surface area contributed by atoms with Gasteiger partial charge >= 0.3 is 5.97 Å².